The average Bonchev–Trinajstić information content (AvgIpc) is 2.44. The van der Waals surface area contributed by atoms with Gasteiger partial charge in [0.25, 0.3) is 0 Å². The molecule has 0 saturated carbocycles. The molecule has 4 heteroatoms. The van der Waals surface area contributed by atoms with E-state index in [1.807, 2.05) is 0 Å². The van der Waals surface area contributed by atoms with Gasteiger partial charge in [-0.2, -0.15) is 0 Å². The summed E-state index contributed by atoms with van der Waals surface area (Å²) in [5.41, 5.74) is 2.45. The molecule has 0 aliphatic carbocycles. The van der Waals surface area contributed by atoms with E-state index in [4.69, 9.17) is 0 Å². The van der Waals surface area contributed by atoms with Crippen molar-refractivity contribution in [1.82, 2.24) is 10.6 Å². The predicted octanol–water partition coefficient (Wildman–Crippen LogP) is 4.01. The van der Waals surface area contributed by atoms with Crippen LogP contribution in [0.3, 0.4) is 0 Å². The Morgan fingerprint density at radius 2 is 1.96 bits per heavy atom. The van der Waals surface area contributed by atoms with Crippen LogP contribution in [0.25, 0.3) is 0 Å². The van der Waals surface area contributed by atoms with Crippen LogP contribution in [0.5, 0.6) is 0 Å². The number of benzene rings is 1. The van der Waals surface area contributed by atoms with Gasteiger partial charge in [-0.3, -0.25) is 4.79 Å². The molecule has 0 radical (unpaired) electrons. The Kier molecular flexibility index (Phi) is 7.09. The zero-order valence-electron chi connectivity index (χ0n) is 15.0. The Labute approximate surface area is 147 Å². The minimum atomic E-state index is -0.0136. The Morgan fingerprint density at radius 3 is 2.52 bits per heavy atom. The molecule has 1 aromatic rings. The summed E-state index contributed by atoms with van der Waals surface area (Å²) in [4.78, 5) is 12.7. The molecule has 3 atom stereocenters. The molecule has 3 nitrogen and oxygen atoms in total. The first-order valence-electron chi connectivity index (χ1n) is 8.38. The smallest absolute Gasteiger partial charge is 0.223 e. The molecule has 0 bridgehead atoms. The Bertz CT molecular complexity index is 524. The quantitative estimate of drug-likeness (QED) is 0.874. The van der Waals surface area contributed by atoms with Crippen molar-refractivity contribution in [2.75, 3.05) is 6.54 Å². The largest absolute Gasteiger partial charge is 0.349 e. The van der Waals surface area contributed by atoms with Gasteiger partial charge in [0.2, 0.25) is 5.91 Å². The molecule has 1 aromatic carbocycles. The van der Waals surface area contributed by atoms with E-state index >= 15 is 0 Å². The lowest BCUT2D eigenvalue weighted by molar-refractivity contribution is -0.127. The van der Waals surface area contributed by atoms with Gasteiger partial charge in [-0.15, -0.1) is 12.4 Å². The molecule has 130 valence electrons. The molecule has 1 fully saturated rings. The lowest BCUT2D eigenvalue weighted by Gasteiger charge is -2.35. The summed E-state index contributed by atoms with van der Waals surface area (Å²) in [6.07, 6.45) is 1.86. The van der Waals surface area contributed by atoms with Crippen molar-refractivity contribution >= 4 is 18.3 Å². The number of hydrogen-bond acceptors (Lipinski definition) is 2. The van der Waals surface area contributed by atoms with Crippen LogP contribution in [0.15, 0.2) is 24.3 Å². The lowest BCUT2D eigenvalue weighted by atomic mass is 9.80. The maximum Gasteiger partial charge on any atom is 0.223 e. The van der Waals surface area contributed by atoms with E-state index in [-0.39, 0.29) is 35.7 Å². The van der Waals surface area contributed by atoms with Crippen molar-refractivity contribution in [2.24, 2.45) is 11.3 Å². The fourth-order valence-electron chi connectivity index (χ4n) is 3.30. The van der Waals surface area contributed by atoms with E-state index in [9.17, 15) is 4.79 Å². The molecule has 1 saturated heterocycles. The predicted molar refractivity (Wildman–Crippen MR) is 99.0 cm³/mol. The first kappa shape index (κ1) is 20.0. The SMILES string of the molecule is Cc1ccccc1C(NC(=O)[C@H]1CCN[C@@H](C)C1)C(C)(C)C.Cl. The standard InChI is InChI=1S/C19H30N2O.ClH/c1-13-8-6-7-9-16(13)17(19(3,4)5)21-18(22)15-10-11-20-14(2)12-15;/h6-9,14-15,17,20H,10-12H2,1-5H3,(H,21,22);1H/t14-,15-,17?;/m0./s1. The molecule has 1 heterocycles. The third-order valence-electron chi connectivity index (χ3n) is 4.65. The van der Waals surface area contributed by atoms with Crippen molar-refractivity contribution in [3.63, 3.8) is 0 Å². The van der Waals surface area contributed by atoms with E-state index in [0.717, 1.165) is 19.4 Å². The third-order valence-corrected chi connectivity index (χ3v) is 4.65. The second-order valence-electron chi connectivity index (χ2n) is 7.74. The van der Waals surface area contributed by atoms with Crippen molar-refractivity contribution < 1.29 is 4.79 Å². The van der Waals surface area contributed by atoms with Crippen LogP contribution in [0, 0.1) is 18.3 Å². The molecule has 1 amide bonds. The molecule has 1 unspecified atom stereocenters. The van der Waals surface area contributed by atoms with E-state index in [1.165, 1.54) is 11.1 Å². The molecular weight excluding hydrogens is 308 g/mol. The summed E-state index contributed by atoms with van der Waals surface area (Å²) in [7, 11) is 0. The average molecular weight is 339 g/mol. The van der Waals surface area contributed by atoms with Gasteiger partial charge in [-0.1, -0.05) is 45.0 Å². The first-order chi connectivity index (χ1) is 10.3. The van der Waals surface area contributed by atoms with E-state index in [1.54, 1.807) is 0 Å². The van der Waals surface area contributed by atoms with Crippen molar-refractivity contribution in [1.29, 1.82) is 0 Å². The number of rotatable bonds is 3. The number of piperidine rings is 1. The van der Waals surface area contributed by atoms with Crippen LogP contribution >= 0.6 is 12.4 Å². The maximum atomic E-state index is 12.7. The molecule has 1 aliphatic rings. The van der Waals surface area contributed by atoms with Crippen LogP contribution < -0.4 is 10.6 Å². The van der Waals surface area contributed by atoms with Gasteiger partial charge in [0, 0.05) is 12.0 Å². The van der Waals surface area contributed by atoms with E-state index in [2.05, 4.69) is 69.5 Å². The molecule has 2 N–H and O–H groups in total. The summed E-state index contributed by atoms with van der Waals surface area (Å²) in [5, 5.41) is 6.75. The summed E-state index contributed by atoms with van der Waals surface area (Å²) < 4.78 is 0. The summed E-state index contributed by atoms with van der Waals surface area (Å²) in [6.45, 7) is 11.8. The van der Waals surface area contributed by atoms with Gasteiger partial charge < -0.3 is 10.6 Å². The normalized spacial score (nSPS) is 22.8. The fraction of sp³-hybridized carbons (Fsp3) is 0.632. The number of nitrogens with one attached hydrogen (secondary N) is 2. The summed E-state index contributed by atoms with van der Waals surface area (Å²) in [6, 6.07) is 8.83. The van der Waals surface area contributed by atoms with Gasteiger partial charge >= 0.3 is 0 Å². The molecule has 2 rings (SSSR count). The maximum absolute atomic E-state index is 12.7. The van der Waals surface area contributed by atoms with E-state index in [0.29, 0.717) is 6.04 Å². The fourth-order valence-corrected chi connectivity index (χ4v) is 3.30. The second kappa shape index (κ2) is 8.16. The number of aryl methyl sites for hydroxylation is 1. The van der Waals surface area contributed by atoms with Crippen molar-refractivity contribution in [3.05, 3.63) is 35.4 Å². The number of hydrogen-bond donors (Lipinski definition) is 2. The van der Waals surface area contributed by atoms with E-state index < -0.39 is 0 Å². The van der Waals surface area contributed by atoms with Gasteiger partial charge in [-0.05, 0) is 49.8 Å². The van der Waals surface area contributed by atoms with Crippen LogP contribution in [0.4, 0.5) is 0 Å². The minimum Gasteiger partial charge on any atom is -0.349 e. The zero-order chi connectivity index (χ0) is 16.3. The third kappa shape index (κ3) is 5.22. The minimum absolute atomic E-state index is 0. The molecule has 1 aliphatic heterocycles. The molecular formula is C19H31ClN2O. The first-order valence-corrected chi connectivity index (χ1v) is 8.38. The lowest BCUT2D eigenvalue weighted by Crippen LogP contribution is -2.45. The monoisotopic (exact) mass is 338 g/mol. The molecule has 0 spiro atoms. The number of carbonyl (C=O) groups is 1. The van der Waals surface area contributed by atoms with Crippen molar-refractivity contribution in [3.8, 4) is 0 Å². The van der Waals surface area contributed by atoms with Crippen LogP contribution in [0.1, 0.15) is 57.7 Å². The Hall–Kier alpha value is -1.06. The van der Waals surface area contributed by atoms with Crippen LogP contribution in [0.2, 0.25) is 0 Å². The van der Waals surface area contributed by atoms with Gasteiger partial charge in [0.1, 0.15) is 0 Å². The summed E-state index contributed by atoms with van der Waals surface area (Å²) >= 11 is 0. The van der Waals surface area contributed by atoms with Gasteiger partial charge in [-0.25, -0.2) is 0 Å². The number of amides is 1. The van der Waals surface area contributed by atoms with Gasteiger partial charge in [0.15, 0.2) is 0 Å². The number of halogens is 1. The van der Waals surface area contributed by atoms with Crippen LogP contribution in [-0.2, 0) is 4.79 Å². The number of carbonyl (C=O) groups excluding carboxylic acids is 1. The highest BCUT2D eigenvalue weighted by Crippen LogP contribution is 2.35. The Balaban J connectivity index is 0.00000264. The zero-order valence-corrected chi connectivity index (χ0v) is 15.8. The van der Waals surface area contributed by atoms with Crippen molar-refractivity contribution in [2.45, 2.75) is 59.5 Å². The molecule has 23 heavy (non-hydrogen) atoms. The van der Waals surface area contributed by atoms with Crippen LogP contribution in [-0.4, -0.2) is 18.5 Å². The molecule has 0 aromatic heterocycles. The highest BCUT2D eigenvalue weighted by atomic mass is 35.5. The summed E-state index contributed by atoms with van der Waals surface area (Å²) in [5.74, 6) is 0.335. The Morgan fingerprint density at radius 1 is 1.30 bits per heavy atom. The van der Waals surface area contributed by atoms with Gasteiger partial charge in [0.05, 0.1) is 6.04 Å². The second-order valence-corrected chi connectivity index (χ2v) is 7.74. The topological polar surface area (TPSA) is 41.1 Å². The highest BCUT2D eigenvalue weighted by Gasteiger charge is 2.32. The highest BCUT2D eigenvalue weighted by molar-refractivity contribution is 5.85.